The number of nitrogen functional groups attached to an aromatic ring is 1. The zero-order valence-electron chi connectivity index (χ0n) is 14.2. The molecule has 134 valence electrons. The van der Waals surface area contributed by atoms with Crippen LogP contribution in [0.25, 0.3) is 16.6 Å². The average molecular weight is 362 g/mol. The highest BCUT2D eigenvalue weighted by Crippen LogP contribution is 2.17. The second kappa shape index (κ2) is 6.67. The summed E-state index contributed by atoms with van der Waals surface area (Å²) < 4.78 is 5.71. The molecule has 0 radical (unpaired) electrons. The number of hydrogen-bond donors (Lipinski definition) is 2. The van der Waals surface area contributed by atoms with E-state index in [2.05, 4.69) is 35.8 Å². The first kappa shape index (κ1) is 16.4. The maximum atomic E-state index is 12.6. The van der Waals surface area contributed by atoms with Crippen LogP contribution < -0.4 is 11.2 Å². The second-order valence-electron chi connectivity index (χ2n) is 5.68. The van der Waals surface area contributed by atoms with Gasteiger partial charge < -0.3 is 5.73 Å². The van der Waals surface area contributed by atoms with Crippen molar-refractivity contribution in [2.45, 2.75) is 6.92 Å². The van der Waals surface area contributed by atoms with Crippen molar-refractivity contribution >= 4 is 28.7 Å². The smallest absolute Gasteiger partial charge is 0.292 e. The number of carbonyl (C=O) groups is 1. The first-order chi connectivity index (χ1) is 13.1. The van der Waals surface area contributed by atoms with Crippen LogP contribution in [-0.2, 0) is 0 Å². The Hall–Kier alpha value is -4.08. The molecule has 0 fully saturated rings. The Labute approximate surface area is 152 Å². The number of fused-ring (bicyclic) bond motifs is 1. The van der Waals surface area contributed by atoms with Gasteiger partial charge in [0.05, 0.1) is 11.9 Å². The summed E-state index contributed by atoms with van der Waals surface area (Å²) in [5.74, 6) is -0.441. The van der Waals surface area contributed by atoms with Crippen LogP contribution in [0.15, 0.2) is 52.2 Å². The number of carbonyl (C=O) groups excluding carboxylic acids is 1. The number of rotatable bonds is 4. The van der Waals surface area contributed by atoms with Gasteiger partial charge in [0.15, 0.2) is 5.69 Å². The zero-order chi connectivity index (χ0) is 18.8. The lowest BCUT2D eigenvalue weighted by Gasteiger charge is -2.03. The minimum Gasteiger partial charge on any atom is -0.378 e. The largest absolute Gasteiger partial charge is 0.378 e. The van der Waals surface area contributed by atoms with Crippen LogP contribution in [-0.4, -0.2) is 37.4 Å². The van der Waals surface area contributed by atoms with Gasteiger partial charge in [-0.2, -0.15) is 9.78 Å². The number of nitrogens with two attached hydrogens (primary N) is 1. The van der Waals surface area contributed by atoms with Crippen LogP contribution in [0.4, 0.5) is 5.82 Å². The lowest BCUT2D eigenvalue weighted by atomic mass is 10.1. The molecule has 2 heterocycles. The van der Waals surface area contributed by atoms with Crippen molar-refractivity contribution in [3.8, 4) is 5.82 Å². The summed E-state index contributed by atoms with van der Waals surface area (Å²) in [6.45, 7) is 1.64. The lowest BCUT2D eigenvalue weighted by molar-refractivity contribution is 0.0946. The number of hydrazone groups is 1. The molecule has 2 aromatic carbocycles. The molecule has 10 nitrogen and oxygen atoms in total. The number of benzene rings is 2. The number of anilines is 1. The predicted molar refractivity (Wildman–Crippen MR) is 97.4 cm³/mol. The fourth-order valence-corrected chi connectivity index (χ4v) is 2.68. The van der Waals surface area contributed by atoms with Crippen LogP contribution in [0.5, 0.6) is 0 Å². The quantitative estimate of drug-likeness (QED) is 0.414. The zero-order valence-corrected chi connectivity index (χ0v) is 14.2. The molecule has 0 aliphatic carbocycles. The normalized spacial score (nSPS) is 11.3. The van der Waals surface area contributed by atoms with Crippen molar-refractivity contribution in [1.29, 1.82) is 0 Å². The summed E-state index contributed by atoms with van der Waals surface area (Å²) >= 11 is 0. The summed E-state index contributed by atoms with van der Waals surface area (Å²) in [5.41, 5.74) is 9.53. The van der Waals surface area contributed by atoms with Crippen LogP contribution in [0, 0.1) is 6.92 Å². The Morgan fingerprint density at radius 1 is 1.22 bits per heavy atom. The molecule has 2 aromatic heterocycles. The van der Waals surface area contributed by atoms with E-state index in [-0.39, 0.29) is 17.3 Å². The van der Waals surface area contributed by atoms with E-state index in [9.17, 15) is 4.79 Å². The highest BCUT2D eigenvalue weighted by Gasteiger charge is 2.22. The van der Waals surface area contributed by atoms with E-state index in [1.54, 1.807) is 13.1 Å². The second-order valence-corrected chi connectivity index (χ2v) is 5.68. The molecule has 0 saturated carbocycles. The van der Waals surface area contributed by atoms with Gasteiger partial charge >= 0.3 is 0 Å². The van der Waals surface area contributed by atoms with Crippen LogP contribution in [0.2, 0.25) is 0 Å². The van der Waals surface area contributed by atoms with Gasteiger partial charge in [0, 0.05) is 5.56 Å². The Kier molecular flexibility index (Phi) is 4.05. The van der Waals surface area contributed by atoms with E-state index in [0.29, 0.717) is 5.69 Å². The maximum Gasteiger partial charge on any atom is 0.292 e. The van der Waals surface area contributed by atoms with E-state index >= 15 is 0 Å². The van der Waals surface area contributed by atoms with Crippen LogP contribution in [0.1, 0.15) is 21.7 Å². The van der Waals surface area contributed by atoms with Crippen molar-refractivity contribution in [2.24, 2.45) is 5.10 Å². The first-order valence-electron chi connectivity index (χ1n) is 7.97. The average Bonchev–Trinajstić information content (AvgIpc) is 3.27. The summed E-state index contributed by atoms with van der Waals surface area (Å²) in [5, 5.41) is 21.0. The maximum absolute atomic E-state index is 12.6. The van der Waals surface area contributed by atoms with Crippen molar-refractivity contribution in [3.63, 3.8) is 0 Å². The Morgan fingerprint density at radius 2 is 2.04 bits per heavy atom. The minimum absolute atomic E-state index is 0.00629. The first-order valence-corrected chi connectivity index (χ1v) is 7.97. The number of aromatic nitrogens is 5. The molecule has 3 N–H and O–H groups in total. The molecular weight excluding hydrogens is 348 g/mol. The van der Waals surface area contributed by atoms with Crippen LogP contribution in [0.3, 0.4) is 0 Å². The van der Waals surface area contributed by atoms with Crippen molar-refractivity contribution in [2.75, 3.05) is 5.73 Å². The molecule has 27 heavy (non-hydrogen) atoms. The standard InChI is InChI=1S/C17H14N8O2/c1-10-14(25(24-20-10)16-15(18)22-27-23-16)17(26)21-19-9-12-7-4-6-11-5-2-3-8-13(11)12/h2-9H,1H3,(H2,18,22)(H,21,26)/b19-9-. The van der Waals surface area contributed by atoms with Gasteiger partial charge in [0.25, 0.3) is 5.91 Å². The number of nitrogens with zero attached hydrogens (tertiary/aromatic N) is 6. The summed E-state index contributed by atoms with van der Waals surface area (Å²) in [6.07, 6.45) is 1.58. The van der Waals surface area contributed by atoms with E-state index in [0.717, 1.165) is 21.0 Å². The summed E-state index contributed by atoms with van der Waals surface area (Å²) in [6, 6.07) is 13.8. The summed E-state index contributed by atoms with van der Waals surface area (Å²) in [4.78, 5) is 12.6. The van der Waals surface area contributed by atoms with Gasteiger partial charge in [-0.15, -0.1) is 5.10 Å². The number of amides is 1. The predicted octanol–water partition coefficient (Wildman–Crippen LogP) is 1.46. The third-order valence-corrected chi connectivity index (χ3v) is 3.94. The highest BCUT2D eigenvalue weighted by molar-refractivity contribution is 6.00. The van der Waals surface area contributed by atoms with Crippen molar-refractivity contribution in [1.82, 2.24) is 30.7 Å². The van der Waals surface area contributed by atoms with E-state index in [4.69, 9.17) is 5.73 Å². The van der Waals surface area contributed by atoms with E-state index < -0.39 is 5.91 Å². The minimum atomic E-state index is -0.517. The molecule has 4 rings (SSSR count). The SMILES string of the molecule is Cc1nnn(-c2nonc2N)c1C(=O)N/N=C\c1cccc2ccccc12. The fourth-order valence-electron chi connectivity index (χ4n) is 2.68. The van der Waals surface area contributed by atoms with Gasteiger partial charge in [-0.1, -0.05) is 47.7 Å². The fraction of sp³-hybridized carbons (Fsp3) is 0.0588. The van der Waals surface area contributed by atoms with E-state index in [1.165, 1.54) is 0 Å². The lowest BCUT2D eigenvalue weighted by Crippen LogP contribution is -2.22. The molecule has 0 saturated heterocycles. The molecule has 0 bridgehead atoms. The number of hydrogen-bond acceptors (Lipinski definition) is 8. The molecule has 4 aromatic rings. The topological polar surface area (TPSA) is 137 Å². The highest BCUT2D eigenvalue weighted by atomic mass is 16.6. The van der Waals surface area contributed by atoms with Gasteiger partial charge in [0.1, 0.15) is 0 Å². The third-order valence-electron chi connectivity index (χ3n) is 3.94. The molecular formula is C17H14N8O2. The van der Waals surface area contributed by atoms with Crippen LogP contribution >= 0.6 is 0 Å². The Morgan fingerprint density at radius 3 is 2.85 bits per heavy atom. The van der Waals surface area contributed by atoms with Crippen molar-refractivity contribution in [3.05, 3.63) is 59.4 Å². The van der Waals surface area contributed by atoms with Gasteiger partial charge in [-0.3, -0.25) is 4.79 Å². The monoisotopic (exact) mass is 362 g/mol. The molecule has 1 amide bonds. The molecule has 0 unspecified atom stereocenters. The van der Waals surface area contributed by atoms with Gasteiger partial charge in [-0.25, -0.2) is 10.1 Å². The summed E-state index contributed by atoms with van der Waals surface area (Å²) in [7, 11) is 0. The van der Waals surface area contributed by atoms with Gasteiger partial charge in [-0.05, 0) is 28.0 Å². The van der Waals surface area contributed by atoms with Gasteiger partial charge in [0.2, 0.25) is 11.6 Å². The number of aryl methyl sites for hydroxylation is 1. The third kappa shape index (κ3) is 2.99. The Bertz CT molecular complexity index is 1160. The number of nitrogens with one attached hydrogen (secondary N) is 1. The Balaban J connectivity index is 1.60. The molecule has 0 atom stereocenters. The molecule has 0 spiro atoms. The molecule has 0 aliphatic rings. The van der Waals surface area contributed by atoms with Crippen molar-refractivity contribution < 1.29 is 9.42 Å². The molecule has 10 heteroatoms. The van der Waals surface area contributed by atoms with E-state index in [1.807, 2.05) is 42.5 Å². The molecule has 0 aliphatic heterocycles.